The van der Waals surface area contributed by atoms with Crippen molar-refractivity contribution in [3.63, 3.8) is 0 Å². The Morgan fingerprint density at radius 3 is 2.60 bits per heavy atom. The summed E-state index contributed by atoms with van der Waals surface area (Å²) in [5.41, 5.74) is 1.08. The van der Waals surface area contributed by atoms with Gasteiger partial charge in [0, 0.05) is 6.20 Å². The van der Waals surface area contributed by atoms with Gasteiger partial charge in [0.25, 0.3) is 0 Å². The molecule has 0 saturated heterocycles. The summed E-state index contributed by atoms with van der Waals surface area (Å²) in [6.45, 7) is 7.51. The van der Waals surface area contributed by atoms with Gasteiger partial charge in [-0.3, -0.25) is 4.98 Å². The van der Waals surface area contributed by atoms with Crippen molar-refractivity contribution in [1.82, 2.24) is 10.3 Å². The van der Waals surface area contributed by atoms with Crippen LogP contribution in [0.4, 0.5) is 0 Å². The van der Waals surface area contributed by atoms with E-state index in [4.69, 9.17) is 11.6 Å². The Kier molecular flexibility index (Phi) is 5.06. The van der Waals surface area contributed by atoms with Crippen LogP contribution < -0.4 is 5.32 Å². The van der Waals surface area contributed by atoms with Crippen molar-refractivity contribution < 1.29 is 0 Å². The van der Waals surface area contributed by atoms with Crippen molar-refractivity contribution in [3.8, 4) is 0 Å². The second-order valence-electron chi connectivity index (χ2n) is 3.82. The molecule has 3 heteroatoms. The third-order valence-corrected chi connectivity index (χ3v) is 2.93. The summed E-state index contributed by atoms with van der Waals surface area (Å²) in [6, 6.07) is 4.23. The van der Waals surface area contributed by atoms with Gasteiger partial charge in [0.05, 0.1) is 16.8 Å². The summed E-state index contributed by atoms with van der Waals surface area (Å²) in [5, 5.41) is 4.16. The predicted molar refractivity (Wildman–Crippen MR) is 65.1 cm³/mol. The Balaban J connectivity index is 2.83. The van der Waals surface area contributed by atoms with Crippen LogP contribution in [0.1, 0.15) is 38.9 Å². The standard InChI is InChI=1S/C12H19ClN2/c1-4-9(3)12(14-5-2)11-7-6-10(13)8-15-11/h6-9,12,14H,4-5H2,1-3H3. The molecular weight excluding hydrogens is 208 g/mol. The van der Waals surface area contributed by atoms with Crippen molar-refractivity contribution in [2.75, 3.05) is 6.54 Å². The van der Waals surface area contributed by atoms with Gasteiger partial charge in [0.15, 0.2) is 0 Å². The minimum absolute atomic E-state index is 0.331. The second kappa shape index (κ2) is 6.09. The van der Waals surface area contributed by atoms with Crippen LogP contribution in [0.2, 0.25) is 5.02 Å². The lowest BCUT2D eigenvalue weighted by Gasteiger charge is -2.23. The van der Waals surface area contributed by atoms with Crippen molar-refractivity contribution in [2.24, 2.45) is 5.92 Å². The fourth-order valence-corrected chi connectivity index (χ4v) is 1.74. The van der Waals surface area contributed by atoms with Crippen LogP contribution in [0.5, 0.6) is 0 Å². The molecule has 0 radical (unpaired) electrons. The normalized spacial score (nSPS) is 14.9. The summed E-state index contributed by atoms with van der Waals surface area (Å²) in [4.78, 5) is 4.37. The number of aromatic nitrogens is 1. The van der Waals surface area contributed by atoms with E-state index >= 15 is 0 Å². The molecule has 0 spiro atoms. The first-order valence-electron chi connectivity index (χ1n) is 5.53. The van der Waals surface area contributed by atoms with E-state index < -0.39 is 0 Å². The number of hydrogen-bond acceptors (Lipinski definition) is 2. The number of hydrogen-bond donors (Lipinski definition) is 1. The summed E-state index contributed by atoms with van der Waals surface area (Å²) in [6.07, 6.45) is 2.85. The van der Waals surface area contributed by atoms with Gasteiger partial charge in [-0.15, -0.1) is 0 Å². The van der Waals surface area contributed by atoms with Crippen LogP contribution >= 0.6 is 11.6 Å². The second-order valence-corrected chi connectivity index (χ2v) is 4.26. The van der Waals surface area contributed by atoms with Gasteiger partial charge in [0.2, 0.25) is 0 Å². The zero-order chi connectivity index (χ0) is 11.3. The highest BCUT2D eigenvalue weighted by atomic mass is 35.5. The van der Waals surface area contributed by atoms with Crippen LogP contribution in [-0.2, 0) is 0 Å². The Labute approximate surface area is 97.1 Å². The lowest BCUT2D eigenvalue weighted by molar-refractivity contribution is 0.376. The van der Waals surface area contributed by atoms with E-state index in [2.05, 4.69) is 31.1 Å². The molecule has 2 unspecified atom stereocenters. The molecule has 0 aromatic carbocycles. The molecule has 0 aliphatic carbocycles. The van der Waals surface area contributed by atoms with E-state index in [-0.39, 0.29) is 0 Å². The van der Waals surface area contributed by atoms with Gasteiger partial charge in [-0.2, -0.15) is 0 Å². The first-order valence-corrected chi connectivity index (χ1v) is 5.91. The largest absolute Gasteiger partial charge is 0.309 e. The number of nitrogens with zero attached hydrogens (tertiary/aromatic N) is 1. The lowest BCUT2D eigenvalue weighted by atomic mass is 9.96. The predicted octanol–water partition coefficient (Wildman–Crippen LogP) is 3.43. The van der Waals surface area contributed by atoms with E-state index in [0.29, 0.717) is 17.0 Å². The molecule has 0 aliphatic heterocycles. The molecule has 1 aromatic rings. The van der Waals surface area contributed by atoms with Gasteiger partial charge in [-0.05, 0) is 24.6 Å². The highest BCUT2D eigenvalue weighted by molar-refractivity contribution is 6.30. The van der Waals surface area contributed by atoms with Crippen LogP contribution in [0, 0.1) is 5.92 Å². The van der Waals surface area contributed by atoms with Crippen molar-refractivity contribution in [1.29, 1.82) is 0 Å². The molecule has 15 heavy (non-hydrogen) atoms. The Hall–Kier alpha value is -0.600. The molecule has 1 rings (SSSR count). The van der Waals surface area contributed by atoms with Crippen LogP contribution in [-0.4, -0.2) is 11.5 Å². The fourth-order valence-electron chi connectivity index (χ4n) is 1.62. The maximum Gasteiger partial charge on any atom is 0.0589 e. The Morgan fingerprint density at radius 1 is 1.40 bits per heavy atom. The SMILES string of the molecule is CCNC(c1ccc(Cl)cn1)C(C)CC. The maximum absolute atomic E-state index is 5.82. The quantitative estimate of drug-likeness (QED) is 0.832. The molecule has 1 heterocycles. The van der Waals surface area contributed by atoms with E-state index in [1.165, 1.54) is 0 Å². The Morgan fingerprint density at radius 2 is 2.13 bits per heavy atom. The molecule has 2 atom stereocenters. The zero-order valence-electron chi connectivity index (χ0n) is 9.63. The summed E-state index contributed by atoms with van der Waals surface area (Å²) >= 11 is 5.82. The van der Waals surface area contributed by atoms with Crippen molar-refractivity contribution >= 4 is 11.6 Å². The number of rotatable bonds is 5. The average Bonchev–Trinajstić information content (AvgIpc) is 2.26. The van der Waals surface area contributed by atoms with E-state index in [9.17, 15) is 0 Å². The summed E-state index contributed by atoms with van der Waals surface area (Å²) < 4.78 is 0. The third-order valence-electron chi connectivity index (χ3n) is 2.71. The van der Waals surface area contributed by atoms with E-state index in [1.54, 1.807) is 6.20 Å². The van der Waals surface area contributed by atoms with E-state index in [1.807, 2.05) is 12.1 Å². The zero-order valence-corrected chi connectivity index (χ0v) is 10.4. The smallest absolute Gasteiger partial charge is 0.0589 e. The van der Waals surface area contributed by atoms with Crippen molar-refractivity contribution in [2.45, 2.75) is 33.2 Å². The molecule has 1 N–H and O–H groups in total. The molecule has 84 valence electrons. The van der Waals surface area contributed by atoms with Gasteiger partial charge < -0.3 is 5.32 Å². The molecule has 0 fully saturated rings. The highest BCUT2D eigenvalue weighted by Crippen LogP contribution is 2.23. The first-order chi connectivity index (χ1) is 7.19. The highest BCUT2D eigenvalue weighted by Gasteiger charge is 2.17. The molecular formula is C12H19ClN2. The number of nitrogens with one attached hydrogen (secondary N) is 1. The molecule has 0 saturated carbocycles. The van der Waals surface area contributed by atoms with Crippen LogP contribution in [0.25, 0.3) is 0 Å². The van der Waals surface area contributed by atoms with Gasteiger partial charge in [-0.1, -0.05) is 38.8 Å². The molecule has 0 amide bonds. The first kappa shape index (κ1) is 12.5. The summed E-state index contributed by atoms with van der Waals surface area (Å²) in [5.74, 6) is 0.582. The van der Waals surface area contributed by atoms with Crippen molar-refractivity contribution in [3.05, 3.63) is 29.0 Å². The Bertz CT molecular complexity index is 284. The topological polar surface area (TPSA) is 24.9 Å². The molecule has 0 aliphatic rings. The maximum atomic E-state index is 5.82. The van der Waals surface area contributed by atoms with Gasteiger partial charge in [-0.25, -0.2) is 0 Å². The van der Waals surface area contributed by atoms with Crippen LogP contribution in [0.15, 0.2) is 18.3 Å². The number of pyridine rings is 1. The molecule has 0 bridgehead atoms. The monoisotopic (exact) mass is 226 g/mol. The lowest BCUT2D eigenvalue weighted by Crippen LogP contribution is -2.27. The van der Waals surface area contributed by atoms with E-state index in [0.717, 1.165) is 18.7 Å². The minimum atomic E-state index is 0.331. The average molecular weight is 227 g/mol. The fraction of sp³-hybridized carbons (Fsp3) is 0.583. The van der Waals surface area contributed by atoms with Gasteiger partial charge >= 0.3 is 0 Å². The third kappa shape index (κ3) is 3.47. The van der Waals surface area contributed by atoms with Gasteiger partial charge in [0.1, 0.15) is 0 Å². The summed E-state index contributed by atoms with van der Waals surface area (Å²) in [7, 11) is 0. The molecule has 2 nitrogen and oxygen atoms in total. The minimum Gasteiger partial charge on any atom is -0.309 e. The van der Waals surface area contributed by atoms with Crippen LogP contribution in [0.3, 0.4) is 0 Å². The molecule has 1 aromatic heterocycles. The number of halogens is 1.